The van der Waals surface area contributed by atoms with Crippen molar-refractivity contribution in [3.8, 4) is 16.9 Å². The molecular weight excluding hydrogens is 311 g/mol. The van der Waals surface area contributed by atoms with Crippen LogP contribution in [0.2, 0.25) is 0 Å². The second kappa shape index (κ2) is 5.41. The van der Waals surface area contributed by atoms with Gasteiger partial charge in [-0.3, -0.25) is 18.5 Å². The van der Waals surface area contributed by atoms with Crippen molar-refractivity contribution in [3.05, 3.63) is 30.3 Å². The average molecular weight is 324 g/mol. The second-order valence-corrected chi connectivity index (χ2v) is 5.83. The lowest BCUT2D eigenvalue weighted by Crippen LogP contribution is -2.23. The van der Waals surface area contributed by atoms with E-state index in [1.54, 1.807) is 10.9 Å². The number of carbonyl (C=O) groups excluding carboxylic acids is 1. The Morgan fingerprint density at radius 2 is 2.27 bits per heavy atom. The molecule has 1 fully saturated rings. The summed E-state index contributed by atoms with van der Waals surface area (Å²) in [5.74, 6) is -1.63. The number of hydrogen-bond donors (Lipinski definition) is 2. The minimum atomic E-state index is -1.91. The van der Waals surface area contributed by atoms with Gasteiger partial charge in [-0.05, 0) is 19.1 Å². The number of benzene rings is 1. The molecule has 0 saturated carbocycles. The number of anilines is 1. The van der Waals surface area contributed by atoms with Gasteiger partial charge in [0.05, 0.1) is 6.20 Å². The van der Waals surface area contributed by atoms with E-state index < -0.39 is 22.9 Å². The number of nitrogens with one attached hydrogen (secondary N) is 1. The van der Waals surface area contributed by atoms with Crippen molar-refractivity contribution in [1.82, 2.24) is 14.5 Å². The molecule has 22 heavy (non-hydrogen) atoms. The highest BCUT2D eigenvalue weighted by molar-refractivity contribution is 7.85. The van der Waals surface area contributed by atoms with Gasteiger partial charge in [0.25, 0.3) is 5.91 Å². The summed E-state index contributed by atoms with van der Waals surface area (Å²) < 4.78 is 31.4. The summed E-state index contributed by atoms with van der Waals surface area (Å²) in [6, 6.07) is 2.72. The second-order valence-electron chi connectivity index (χ2n) is 4.69. The Labute approximate surface area is 128 Å². The first-order valence-electron chi connectivity index (χ1n) is 6.54. The van der Waals surface area contributed by atoms with E-state index in [2.05, 4.69) is 9.82 Å². The monoisotopic (exact) mass is 324 g/mol. The van der Waals surface area contributed by atoms with Crippen LogP contribution in [-0.2, 0) is 22.5 Å². The number of nitrogens with zero attached hydrogens (tertiary/aromatic N) is 3. The topological polar surface area (TPSA) is 87.5 Å². The number of phenols is 1. The number of aromatic nitrogens is 2. The van der Waals surface area contributed by atoms with E-state index in [0.29, 0.717) is 12.1 Å². The predicted octanol–water partition coefficient (Wildman–Crippen LogP) is 0.930. The van der Waals surface area contributed by atoms with Crippen molar-refractivity contribution < 1.29 is 18.5 Å². The third-order valence-electron chi connectivity index (χ3n) is 3.30. The number of phenolic OH excluding ortho intramolecular Hbond substituents is 1. The summed E-state index contributed by atoms with van der Waals surface area (Å²) >= 11 is -1.91. The van der Waals surface area contributed by atoms with Crippen LogP contribution in [0.15, 0.2) is 24.5 Å². The Morgan fingerprint density at radius 3 is 2.86 bits per heavy atom. The van der Waals surface area contributed by atoms with Gasteiger partial charge in [0, 0.05) is 23.9 Å². The molecule has 7 nitrogen and oxygen atoms in total. The zero-order valence-corrected chi connectivity index (χ0v) is 12.4. The van der Waals surface area contributed by atoms with Gasteiger partial charge in [-0.1, -0.05) is 0 Å². The first-order chi connectivity index (χ1) is 10.5. The van der Waals surface area contributed by atoms with Crippen LogP contribution in [0.4, 0.5) is 10.1 Å². The van der Waals surface area contributed by atoms with Gasteiger partial charge in [-0.25, -0.2) is 8.60 Å². The lowest BCUT2D eigenvalue weighted by atomic mass is 10.1. The predicted molar refractivity (Wildman–Crippen MR) is 78.6 cm³/mol. The zero-order valence-electron chi connectivity index (χ0n) is 11.6. The maximum Gasteiger partial charge on any atom is 0.253 e. The summed E-state index contributed by atoms with van der Waals surface area (Å²) in [4.78, 5) is 11.3. The summed E-state index contributed by atoms with van der Waals surface area (Å²) in [6.07, 6.45) is 3.18. The van der Waals surface area contributed by atoms with Crippen LogP contribution >= 0.6 is 0 Å². The lowest BCUT2D eigenvalue weighted by Gasteiger charge is -2.17. The van der Waals surface area contributed by atoms with Crippen LogP contribution in [0.3, 0.4) is 0 Å². The largest absolute Gasteiger partial charge is 0.506 e. The summed E-state index contributed by atoms with van der Waals surface area (Å²) in [5.41, 5.74) is 0.479. The summed E-state index contributed by atoms with van der Waals surface area (Å²) in [6.45, 7) is 2.26. The first-order valence-corrected chi connectivity index (χ1v) is 7.65. The fraction of sp³-hybridized carbons (Fsp3) is 0.231. The number of aryl methyl sites for hydroxylation is 1. The molecule has 1 aromatic heterocycles. The maximum absolute atomic E-state index is 14.8. The van der Waals surface area contributed by atoms with Gasteiger partial charge < -0.3 is 5.11 Å². The molecule has 2 N–H and O–H groups in total. The molecule has 0 radical (unpaired) electrons. The smallest absolute Gasteiger partial charge is 0.253 e. The molecule has 1 aliphatic rings. The van der Waals surface area contributed by atoms with Gasteiger partial charge in [-0.15, -0.1) is 0 Å². The maximum atomic E-state index is 14.8. The Morgan fingerprint density at radius 1 is 1.50 bits per heavy atom. The van der Waals surface area contributed by atoms with Crippen molar-refractivity contribution in [2.45, 2.75) is 13.5 Å². The van der Waals surface area contributed by atoms with E-state index in [1.165, 1.54) is 18.3 Å². The molecule has 0 bridgehead atoms. The van der Waals surface area contributed by atoms with Crippen LogP contribution in [-0.4, -0.2) is 31.5 Å². The fourth-order valence-electron chi connectivity index (χ4n) is 2.23. The number of rotatable bonds is 3. The molecule has 1 saturated heterocycles. The molecule has 116 valence electrons. The van der Waals surface area contributed by atoms with E-state index in [0.717, 1.165) is 4.31 Å². The van der Waals surface area contributed by atoms with Crippen LogP contribution in [0.25, 0.3) is 11.1 Å². The molecule has 1 amide bonds. The summed E-state index contributed by atoms with van der Waals surface area (Å²) in [5, 5.41) is 14.0. The number of hydrogen-bond acceptors (Lipinski definition) is 4. The number of halogens is 1. The molecule has 9 heteroatoms. The van der Waals surface area contributed by atoms with E-state index >= 15 is 0 Å². The van der Waals surface area contributed by atoms with Crippen LogP contribution in [0.1, 0.15) is 6.92 Å². The molecule has 1 aromatic carbocycles. The Kier molecular flexibility index (Phi) is 3.57. The van der Waals surface area contributed by atoms with Crippen LogP contribution in [0.5, 0.6) is 5.75 Å². The molecule has 0 aliphatic carbocycles. The molecule has 0 spiro atoms. The van der Waals surface area contributed by atoms with Gasteiger partial charge in [-0.2, -0.15) is 5.10 Å². The molecule has 1 atom stereocenters. The van der Waals surface area contributed by atoms with Crippen molar-refractivity contribution in [3.63, 3.8) is 0 Å². The minimum Gasteiger partial charge on any atom is -0.506 e. The minimum absolute atomic E-state index is 0.212. The highest BCUT2D eigenvalue weighted by Gasteiger charge is 2.32. The third-order valence-corrected chi connectivity index (χ3v) is 4.42. The first kappa shape index (κ1) is 14.5. The molecular formula is C13H13FN4O3S. The van der Waals surface area contributed by atoms with E-state index in [1.807, 2.05) is 6.92 Å². The van der Waals surface area contributed by atoms with Crippen LogP contribution < -0.4 is 9.03 Å². The highest BCUT2D eigenvalue weighted by atomic mass is 32.2. The SMILES string of the molecule is CCn1cc(-c2ccc(O)c(N3CC(=O)NS3=O)c2F)cn1. The quantitative estimate of drug-likeness (QED) is 0.879. The standard InChI is InChI=1S/C13H13FN4O3S/c1-2-17-6-8(5-15-17)9-3-4-10(19)13(12(9)14)18-7-11(20)16-22(18)21/h3-6,19H,2,7H2,1H3,(H,16,20). The fourth-order valence-corrected chi connectivity index (χ4v) is 3.17. The van der Waals surface area contributed by atoms with E-state index in [9.17, 15) is 18.5 Å². The van der Waals surface area contributed by atoms with Gasteiger partial charge in [0.1, 0.15) is 18.0 Å². The van der Waals surface area contributed by atoms with Crippen molar-refractivity contribution >= 4 is 22.8 Å². The summed E-state index contributed by atoms with van der Waals surface area (Å²) in [7, 11) is 0. The molecule has 2 aromatic rings. The zero-order chi connectivity index (χ0) is 15.9. The Balaban J connectivity index is 2.09. The lowest BCUT2D eigenvalue weighted by molar-refractivity contribution is -0.117. The van der Waals surface area contributed by atoms with E-state index in [4.69, 9.17) is 0 Å². The molecule has 1 aliphatic heterocycles. The number of carbonyl (C=O) groups is 1. The van der Waals surface area contributed by atoms with Crippen molar-refractivity contribution in [1.29, 1.82) is 0 Å². The third kappa shape index (κ3) is 2.33. The van der Waals surface area contributed by atoms with Crippen molar-refractivity contribution in [2.24, 2.45) is 0 Å². The molecule has 2 heterocycles. The van der Waals surface area contributed by atoms with E-state index in [-0.39, 0.29) is 23.5 Å². The number of amides is 1. The Bertz CT molecular complexity index is 777. The highest BCUT2D eigenvalue weighted by Crippen LogP contribution is 2.37. The van der Waals surface area contributed by atoms with Gasteiger partial charge >= 0.3 is 0 Å². The molecule has 1 unspecified atom stereocenters. The van der Waals surface area contributed by atoms with Crippen molar-refractivity contribution in [2.75, 3.05) is 10.8 Å². The Hall–Kier alpha value is -2.42. The van der Waals surface area contributed by atoms with Gasteiger partial charge in [0.15, 0.2) is 5.82 Å². The number of aromatic hydroxyl groups is 1. The average Bonchev–Trinajstić information content (AvgIpc) is 3.06. The normalized spacial score (nSPS) is 17.8. The molecule has 3 rings (SSSR count). The van der Waals surface area contributed by atoms with Gasteiger partial charge in [0.2, 0.25) is 11.2 Å². The van der Waals surface area contributed by atoms with Crippen LogP contribution in [0, 0.1) is 5.82 Å².